The maximum atomic E-state index is 5.86. The van der Waals surface area contributed by atoms with E-state index in [1.54, 1.807) is 0 Å². The summed E-state index contributed by atoms with van der Waals surface area (Å²) in [7, 11) is -0.974. The van der Waals surface area contributed by atoms with Gasteiger partial charge in [0.05, 0.1) is 6.10 Å². The van der Waals surface area contributed by atoms with Crippen molar-refractivity contribution in [3.05, 3.63) is 24.3 Å². The summed E-state index contributed by atoms with van der Waals surface area (Å²) in [5.41, 5.74) is 0. The minimum atomic E-state index is -0.974. The van der Waals surface area contributed by atoms with Crippen molar-refractivity contribution < 1.29 is 9.47 Å². The summed E-state index contributed by atoms with van der Waals surface area (Å²) < 4.78 is 11.5. The van der Waals surface area contributed by atoms with Gasteiger partial charge in [-0.3, -0.25) is 0 Å². The smallest absolute Gasteiger partial charge is 0.147 e. The molecular weight excluding hydrogens is 240 g/mol. The summed E-state index contributed by atoms with van der Waals surface area (Å²) in [6.07, 6.45) is 11.9. The second-order valence-electron chi connectivity index (χ2n) is 6.64. The molecule has 0 amide bonds. The normalized spacial score (nSPS) is 30.7. The monoisotopic (exact) mass is 266 g/mol. The van der Waals surface area contributed by atoms with Crippen molar-refractivity contribution in [1.82, 2.24) is 0 Å². The van der Waals surface area contributed by atoms with Crippen molar-refractivity contribution in [2.45, 2.75) is 44.6 Å². The largest absolute Gasteiger partial charge is 0.356 e. The summed E-state index contributed by atoms with van der Waals surface area (Å²) in [6.45, 7) is 8.39. The van der Waals surface area contributed by atoms with Crippen LogP contribution in [0.3, 0.4) is 0 Å². The Labute approximate surface area is 112 Å². The molecule has 18 heavy (non-hydrogen) atoms. The van der Waals surface area contributed by atoms with E-state index >= 15 is 0 Å². The molecule has 0 saturated heterocycles. The molecule has 2 bridgehead atoms. The molecule has 0 aromatic rings. The van der Waals surface area contributed by atoms with Crippen LogP contribution in [0.1, 0.15) is 12.8 Å². The van der Waals surface area contributed by atoms with E-state index in [4.69, 9.17) is 9.47 Å². The summed E-state index contributed by atoms with van der Waals surface area (Å²) >= 11 is 0. The van der Waals surface area contributed by atoms with Crippen LogP contribution in [0.15, 0.2) is 24.3 Å². The fourth-order valence-corrected chi connectivity index (χ4v) is 3.19. The first kappa shape index (κ1) is 14.0. The van der Waals surface area contributed by atoms with Crippen LogP contribution in [0.25, 0.3) is 0 Å². The Kier molecular flexibility index (Phi) is 4.82. The lowest BCUT2D eigenvalue weighted by Crippen LogP contribution is -2.24. The third-order valence-corrected chi connectivity index (χ3v) is 5.45. The fourth-order valence-electron chi connectivity index (χ4n) is 2.43. The highest BCUT2D eigenvalue weighted by Gasteiger charge is 2.25. The summed E-state index contributed by atoms with van der Waals surface area (Å²) in [5, 5.41) is 0. The minimum Gasteiger partial charge on any atom is -0.356 e. The van der Waals surface area contributed by atoms with Gasteiger partial charge < -0.3 is 9.47 Å². The van der Waals surface area contributed by atoms with Crippen LogP contribution >= 0.6 is 0 Å². The van der Waals surface area contributed by atoms with Gasteiger partial charge in [-0.15, -0.1) is 0 Å². The van der Waals surface area contributed by atoms with Crippen LogP contribution in [0.5, 0.6) is 0 Å². The van der Waals surface area contributed by atoms with Crippen LogP contribution in [-0.4, -0.2) is 27.6 Å². The molecule has 0 fully saturated rings. The predicted octanol–water partition coefficient (Wildman–Crippen LogP) is 3.84. The van der Waals surface area contributed by atoms with E-state index in [1.165, 1.54) is 18.9 Å². The molecule has 0 spiro atoms. The van der Waals surface area contributed by atoms with E-state index in [0.29, 0.717) is 18.6 Å². The minimum absolute atomic E-state index is 0.223. The van der Waals surface area contributed by atoms with Gasteiger partial charge in [-0.05, 0) is 24.8 Å². The third-order valence-electron chi connectivity index (χ3n) is 3.75. The highest BCUT2D eigenvalue weighted by atomic mass is 28.3. The van der Waals surface area contributed by atoms with Gasteiger partial charge in [0.1, 0.15) is 6.79 Å². The molecule has 0 aromatic carbocycles. The van der Waals surface area contributed by atoms with Crippen LogP contribution in [-0.2, 0) is 9.47 Å². The topological polar surface area (TPSA) is 18.5 Å². The standard InChI is InChI=1S/C15H26O2Si/c1-18(2,3)11-10-16-12-17-15-9-6-13-4-7-14(15)8-5-13/h4,6-7,9,13-15H,5,8,10-12H2,1-3H3/t13-,14+,15-/m0/s1. The van der Waals surface area contributed by atoms with Crippen molar-refractivity contribution in [1.29, 1.82) is 0 Å². The van der Waals surface area contributed by atoms with Crippen molar-refractivity contribution >= 4 is 8.07 Å². The molecule has 3 aliphatic carbocycles. The molecular formula is C15H26O2Si. The lowest BCUT2D eigenvalue weighted by molar-refractivity contribution is -0.0826. The van der Waals surface area contributed by atoms with Crippen molar-refractivity contribution in [2.24, 2.45) is 11.8 Å². The Morgan fingerprint density at radius 1 is 1.06 bits per heavy atom. The zero-order chi connectivity index (χ0) is 13.0. The lowest BCUT2D eigenvalue weighted by atomic mass is 9.89. The zero-order valence-corrected chi connectivity index (χ0v) is 12.9. The number of hydrogen-bond donors (Lipinski definition) is 0. The highest BCUT2D eigenvalue weighted by Crippen LogP contribution is 2.31. The molecule has 0 aromatic heterocycles. The number of allylic oxidation sites excluding steroid dienone is 2. The van der Waals surface area contributed by atoms with Gasteiger partial charge in [-0.1, -0.05) is 43.9 Å². The van der Waals surface area contributed by atoms with E-state index in [1.807, 2.05) is 0 Å². The first-order valence-electron chi connectivity index (χ1n) is 7.11. The van der Waals surface area contributed by atoms with Crippen molar-refractivity contribution in [2.75, 3.05) is 13.4 Å². The quantitative estimate of drug-likeness (QED) is 0.315. The average molecular weight is 266 g/mol. The number of hydrogen-bond acceptors (Lipinski definition) is 2. The lowest BCUT2D eigenvalue weighted by Gasteiger charge is -2.23. The Bertz CT molecular complexity index is 317. The molecule has 0 unspecified atom stereocenters. The van der Waals surface area contributed by atoms with Gasteiger partial charge in [-0.2, -0.15) is 0 Å². The van der Waals surface area contributed by atoms with Crippen LogP contribution in [0.2, 0.25) is 25.7 Å². The molecule has 3 atom stereocenters. The molecule has 3 heteroatoms. The summed E-state index contributed by atoms with van der Waals surface area (Å²) in [5.74, 6) is 1.20. The first-order chi connectivity index (χ1) is 8.54. The second kappa shape index (κ2) is 6.18. The van der Waals surface area contributed by atoms with E-state index in [-0.39, 0.29) is 6.10 Å². The number of ether oxygens (including phenoxy) is 2. The van der Waals surface area contributed by atoms with Crippen LogP contribution in [0.4, 0.5) is 0 Å². The number of fused-ring (bicyclic) bond motifs is 2. The molecule has 0 aliphatic heterocycles. The predicted molar refractivity (Wildman–Crippen MR) is 78.3 cm³/mol. The van der Waals surface area contributed by atoms with Gasteiger partial charge in [-0.25, -0.2) is 0 Å². The number of rotatable bonds is 6. The summed E-state index contributed by atoms with van der Waals surface area (Å²) in [4.78, 5) is 0. The van der Waals surface area contributed by atoms with E-state index in [9.17, 15) is 0 Å². The Morgan fingerprint density at radius 2 is 1.83 bits per heavy atom. The second-order valence-corrected chi connectivity index (χ2v) is 12.3. The SMILES string of the molecule is C[Si](C)(C)CCOCO[C@H]1C=C[C@H]2C=C[C@@H]1CC2. The van der Waals surface area contributed by atoms with Gasteiger partial charge >= 0.3 is 0 Å². The van der Waals surface area contributed by atoms with Gasteiger partial charge in [0.25, 0.3) is 0 Å². The van der Waals surface area contributed by atoms with Gasteiger partial charge in [0, 0.05) is 20.6 Å². The molecule has 0 saturated carbocycles. The van der Waals surface area contributed by atoms with Crippen molar-refractivity contribution in [3.63, 3.8) is 0 Å². The van der Waals surface area contributed by atoms with Gasteiger partial charge in [0.2, 0.25) is 0 Å². The highest BCUT2D eigenvalue weighted by molar-refractivity contribution is 6.76. The third kappa shape index (κ3) is 4.37. The van der Waals surface area contributed by atoms with E-state index in [2.05, 4.69) is 43.9 Å². The molecule has 3 aliphatic rings. The fraction of sp³-hybridized carbons (Fsp3) is 0.733. The molecule has 3 rings (SSSR count). The Balaban J connectivity index is 1.66. The van der Waals surface area contributed by atoms with Gasteiger partial charge in [0.15, 0.2) is 0 Å². The maximum absolute atomic E-state index is 5.86. The molecule has 0 radical (unpaired) electrons. The average Bonchev–Trinajstić information content (AvgIpc) is 2.61. The molecule has 0 heterocycles. The zero-order valence-electron chi connectivity index (χ0n) is 11.9. The molecule has 102 valence electrons. The Hall–Kier alpha value is -0.383. The van der Waals surface area contributed by atoms with Crippen LogP contribution in [0, 0.1) is 11.8 Å². The van der Waals surface area contributed by atoms with Crippen LogP contribution < -0.4 is 0 Å². The first-order valence-corrected chi connectivity index (χ1v) is 10.8. The maximum Gasteiger partial charge on any atom is 0.147 e. The van der Waals surface area contributed by atoms with E-state index in [0.717, 1.165) is 6.61 Å². The molecule has 2 nitrogen and oxygen atoms in total. The Morgan fingerprint density at radius 3 is 2.50 bits per heavy atom. The summed E-state index contributed by atoms with van der Waals surface area (Å²) in [6, 6.07) is 1.21. The van der Waals surface area contributed by atoms with E-state index < -0.39 is 8.07 Å². The molecule has 0 N–H and O–H groups in total. The van der Waals surface area contributed by atoms with Crippen molar-refractivity contribution in [3.8, 4) is 0 Å².